The Morgan fingerprint density at radius 2 is 1.45 bits per heavy atom. The molecule has 5 heteroatoms. The molecule has 1 N–H and O–H groups in total. The Labute approximate surface area is 64.2 Å². The lowest BCUT2D eigenvalue weighted by atomic mass is 10.6. The van der Waals surface area contributed by atoms with E-state index in [4.69, 9.17) is 0 Å². The van der Waals surface area contributed by atoms with E-state index in [2.05, 4.69) is 15.3 Å². The average molecular weight is 155 g/mol. The zero-order valence-corrected chi connectivity index (χ0v) is 6.04. The van der Waals surface area contributed by atoms with Crippen LogP contribution in [-0.2, 0) is 9.59 Å². The average Bonchev–Trinajstić information content (AvgIpc) is 2.03. The fourth-order valence-corrected chi connectivity index (χ4v) is 0.486. The van der Waals surface area contributed by atoms with Crippen molar-refractivity contribution >= 4 is 12.2 Å². The van der Waals surface area contributed by atoms with E-state index in [1.165, 1.54) is 12.2 Å². The van der Waals surface area contributed by atoms with Crippen LogP contribution in [0, 0.1) is 0 Å². The minimum absolute atomic E-state index is 0.411. The highest BCUT2D eigenvalue weighted by Crippen LogP contribution is 1.66. The van der Waals surface area contributed by atoms with Gasteiger partial charge in [0.1, 0.15) is 0 Å². The first-order chi connectivity index (χ1) is 5.41. The molecule has 0 aromatic heterocycles. The Kier molecular flexibility index (Phi) is 7.71. The molecular weight excluding hydrogens is 146 g/mol. The van der Waals surface area contributed by atoms with Crippen molar-refractivity contribution in [1.29, 1.82) is 0 Å². The summed E-state index contributed by atoms with van der Waals surface area (Å²) in [7, 11) is 0. The second-order valence-corrected chi connectivity index (χ2v) is 1.70. The Morgan fingerprint density at radius 3 is 1.82 bits per heavy atom. The first-order valence-electron chi connectivity index (χ1n) is 3.20. The van der Waals surface area contributed by atoms with E-state index in [0.29, 0.717) is 26.2 Å². The Morgan fingerprint density at radius 1 is 1.00 bits per heavy atom. The van der Waals surface area contributed by atoms with Gasteiger partial charge in [-0.2, -0.15) is 0 Å². The summed E-state index contributed by atoms with van der Waals surface area (Å²) >= 11 is 0. The van der Waals surface area contributed by atoms with Crippen LogP contribution in [0.3, 0.4) is 0 Å². The zero-order valence-electron chi connectivity index (χ0n) is 6.04. The third-order valence-electron chi connectivity index (χ3n) is 0.930. The summed E-state index contributed by atoms with van der Waals surface area (Å²) in [6, 6.07) is 0. The van der Waals surface area contributed by atoms with E-state index >= 15 is 0 Å². The molecule has 60 valence electrons. The van der Waals surface area contributed by atoms with Gasteiger partial charge in [0.25, 0.3) is 0 Å². The van der Waals surface area contributed by atoms with Gasteiger partial charge in [-0.15, -0.1) is 0 Å². The first-order valence-corrected chi connectivity index (χ1v) is 3.20. The highest BCUT2D eigenvalue weighted by Gasteiger charge is 1.83. The van der Waals surface area contributed by atoms with Crippen molar-refractivity contribution in [3.05, 3.63) is 0 Å². The molecule has 0 fully saturated rings. The summed E-state index contributed by atoms with van der Waals surface area (Å²) in [5.41, 5.74) is 0. The van der Waals surface area contributed by atoms with Crippen molar-refractivity contribution in [2.45, 2.75) is 0 Å². The molecule has 0 amide bonds. The number of nitrogens with zero attached hydrogens (tertiary/aromatic N) is 2. The molecule has 0 rings (SSSR count). The van der Waals surface area contributed by atoms with Crippen LogP contribution in [0.25, 0.3) is 0 Å². The van der Waals surface area contributed by atoms with Gasteiger partial charge in [-0.25, -0.2) is 19.6 Å². The molecular formula is C6H9N3O2. The number of hydrogen-bond acceptors (Lipinski definition) is 5. The monoisotopic (exact) mass is 155 g/mol. The number of carbonyl (C=O) groups excluding carboxylic acids is 2. The highest BCUT2D eigenvalue weighted by molar-refractivity contribution is 5.33. The normalized spacial score (nSPS) is 8.00. The third kappa shape index (κ3) is 8.72. The summed E-state index contributed by atoms with van der Waals surface area (Å²) < 4.78 is 0. The fraction of sp³-hybridized carbons (Fsp3) is 0.667. The van der Waals surface area contributed by atoms with Gasteiger partial charge in [0.05, 0.1) is 13.1 Å². The van der Waals surface area contributed by atoms with Crippen molar-refractivity contribution in [3.8, 4) is 0 Å². The predicted octanol–water partition coefficient (Wildman–Crippen LogP) is -0.752. The SMILES string of the molecule is O=C=NCCNCCN=C=O. The highest BCUT2D eigenvalue weighted by atomic mass is 16.1. The fourth-order valence-electron chi connectivity index (χ4n) is 0.486. The molecule has 0 unspecified atom stereocenters. The minimum Gasteiger partial charge on any atom is -0.313 e. The lowest BCUT2D eigenvalue weighted by Crippen LogP contribution is -2.20. The van der Waals surface area contributed by atoms with Gasteiger partial charge in [-0.05, 0) is 0 Å². The summed E-state index contributed by atoms with van der Waals surface area (Å²) in [6.45, 7) is 2.02. The van der Waals surface area contributed by atoms with Crippen LogP contribution in [0.5, 0.6) is 0 Å². The van der Waals surface area contributed by atoms with Gasteiger partial charge in [0, 0.05) is 13.1 Å². The van der Waals surface area contributed by atoms with Crippen LogP contribution in [0.1, 0.15) is 0 Å². The first kappa shape index (κ1) is 9.72. The number of rotatable bonds is 6. The van der Waals surface area contributed by atoms with Gasteiger partial charge in [0.2, 0.25) is 12.2 Å². The molecule has 0 saturated heterocycles. The van der Waals surface area contributed by atoms with E-state index in [1.807, 2.05) is 0 Å². The van der Waals surface area contributed by atoms with Crippen LogP contribution < -0.4 is 5.32 Å². The van der Waals surface area contributed by atoms with E-state index < -0.39 is 0 Å². The molecule has 0 aliphatic carbocycles. The van der Waals surface area contributed by atoms with E-state index in [-0.39, 0.29) is 0 Å². The maximum absolute atomic E-state index is 9.55. The second kappa shape index (κ2) is 8.72. The molecule has 0 spiro atoms. The Balaban J connectivity index is 3.02. The Bertz CT molecular complexity index is 160. The van der Waals surface area contributed by atoms with Gasteiger partial charge >= 0.3 is 0 Å². The van der Waals surface area contributed by atoms with E-state index in [9.17, 15) is 9.59 Å². The molecule has 0 aliphatic heterocycles. The quantitative estimate of drug-likeness (QED) is 0.311. The number of hydrogen-bond donors (Lipinski definition) is 1. The second-order valence-electron chi connectivity index (χ2n) is 1.70. The van der Waals surface area contributed by atoms with Crippen LogP contribution in [0.15, 0.2) is 9.98 Å². The molecule has 0 radical (unpaired) electrons. The standard InChI is InChI=1S/C6H9N3O2/c10-5-8-3-1-7-2-4-9-6-11/h7H,1-4H2. The van der Waals surface area contributed by atoms with Crippen LogP contribution in [0.4, 0.5) is 0 Å². The van der Waals surface area contributed by atoms with Crippen LogP contribution in [0.2, 0.25) is 0 Å². The predicted molar refractivity (Wildman–Crippen MR) is 38.8 cm³/mol. The van der Waals surface area contributed by atoms with Gasteiger partial charge in [0.15, 0.2) is 0 Å². The smallest absolute Gasteiger partial charge is 0.234 e. The molecule has 0 aliphatic rings. The summed E-state index contributed by atoms with van der Waals surface area (Å²) in [6.07, 6.45) is 2.84. The maximum atomic E-state index is 9.55. The van der Waals surface area contributed by atoms with Crippen LogP contribution in [-0.4, -0.2) is 38.3 Å². The van der Waals surface area contributed by atoms with Gasteiger partial charge in [-0.1, -0.05) is 0 Å². The zero-order chi connectivity index (χ0) is 8.36. The summed E-state index contributed by atoms with van der Waals surface area (Å²) in [5.74, 6) is 0. The third-order valence-corrected chi connectivity index (χ3v) is 0.930. The van der Waals surface area contributed by atoms with Crippen molar-refractivity contribution in [1.82, 2.24) is 5.32 Å². The van der Waals surface area contributed by atoms with E-state index in [1.54, 1.807) is 0 Å². The Hall–Kier alpha value is -1.28. The van der Waals surface area contributed by atoms with Crippen molar-refractivity contribution in [2.24, 2.45) is 9.98 Å². The number of aliphatic imine (C=N–C) groups is 2. The summed E-state index contributed by atoms with van der Waals surface area (Å²) in [5, 5.41) is 2.91. The molecule has 11 heavy (non-hydrogen) atoms. The number of nitrogens with one attached hydrogen (secondary N) is 1. The molecule has 0 bridgehead atoms. The van der Waals surface area contributed by atoms with Crippen molar-refractivity contribution in [2.75, 3.05) is 26.2 Å². The topological polar surface area (TPSA) is 70.9 Å². The lowest BCUT2D eigenvalue weighted by molar-refractivity contribution is 0.561. The number of isocyanates is 2. The lowest BCUT2D eigenvalue weighted by Gasteiger charge is -1.95. The molecule has 0 aromatic carbocycles. The van der Waals surface area contributed by atoms with Gasteiger partial charge < -0.3 is 5.32 Å². The largest absolute Gasteiger partial charge is 0.313 e. The van der Waals surface area contributed by atoms with Crippen molar-refractivity contribution < 1.29 is 9.59 Å². The van der Waals surface area contributed by atoms with E-state index in [0.717, 1.165) is 0 Å². The molecule has 0 heterocycles. The maximum Gasteiger partial charge on any atom is 0.234 e. The molecule has 0 aromatic rings. The van der Waals surface area contributed by atoms with Gasteiger partial charge in [-0.3, -0.25) is 0 Å². The molecule has 5 nitrogen and oxygen atoms in total. The molecule has 0 saturated carbocycles. The van der Waals surface area contributed by atoms with Crippen LogP contribution >= 0.6 is 0 Å². The summed E-state index contributed by atoms with van der Waals surface area (Å²) in [4.78, 5) is 25.7. The molecule has 0 atom stereocenters. The minimum atomic E-state index is 0.411. The van der Waals surface area contributed by atoms with Crippen molar-refractivity contribution in [3.63, 3.8) is 0 Å².